The summed E-state index contributed by atoms with van der Waals surface area (Å²) in [6.07, 6.45) is 9.28. The second-order valence-electron chi connectivity index (χ2n) is 5.81. The Bertz CT molecular complexity index is 386. The van der Waals surface area contributed by atoms with Crippen LogP contribution < -0.4 is 5.32 Å². The molecule has 3 rings (SSSR count). The van der Waals surface area contributed by atoms with Gasteiger partial charge in [-0.15, -0.1) is 10.2 Å². The number of hydrogen-bond acceptors (Lipinski definition) is 3. The molecule has 4 nitrogen and oxygen atoms in total. The van der Waals surface area contributed by atoms with Crippen molar-refractivity contribution in [1.29, 1.82) is 0 Å². The summed E-state index contributed by atoms with van der Waals surface area (Å²) in [4.78, 5) is 0. The van der Waals surface area contributed by atoms with E-state index in [0.717, 1.165) is 18.9 Å². The van der Waals surface area contributed by atoms with E-state index in [1.807, 2.05) is 0 Å². The van der Waals surface area contributed by atoms with Crippen LogP contribution in [0, 0.1) is 6.92 Å². The Morgan fingerprint density at radius 3 is 2.61 bits per heavy atom. The fourth-order valence-corrected chi connectivity index (χ4v) is 3.53. The van der Waals surface area contributed by atoms with E-state index in [9.17, 15) is 0 Å². The fourth-order valence-electron chi connectivity index (χ4n) is 3.53. The molecule has 1 saturated carbocycles. The molecule has 100 valence electrons. The van der Waals surface area contributed by atoms with Gasteiger partial charge in [-0.05, 0) is 39.2 Å². The third kappa shape index (κ3) is 2.30. The lowest BCUT2D eigenvalue weighted by molar-refractivity contribution is 0.326. The van der Waals surface area contributed by atoms with Gasteiger partial charge in [-0.25, -0.2) is 0 Å². The van der Waals surface area contributed by atoms with E-state index in [2.05, 4.69) is 27.0 Å². The maximum Gasteiger partial charge on any atom is 0.137 e. The minimum atomic E-state index is 0.571. The standard InChI is InChI=1S/C14H24N4/c1-11-16-17-14(12-6-5-9-15-10-12)18(11)13-7-3-2-4-8-13/h12-13,15H,2-10H2,1H3/t12-/m1/s1. The lowest BCUT2D eigenvalue weighted by atomic mass is 9.93. The Labute approximate surface area is 109 Å². The Morgan fingerprint density at radius 1 is 1.06 bits per heavy atom. The smallest absolute Gasteiger partial charge is 0.137 e. The van der Waals surface area contributed by atoms with Crippen LogP contribution >= 0.6 is 0 Å². The minimum absolute atomic E-state index is 0.571. The van der Waals surface area contributed by atoms with E-state index < -0.39 is 0 Å². The lowest BCUT2D eigenvalue weighted by Gasteiger charge is -2.29. The molecule has 1 aromatic heterocycles. The molecular formula is C14H24N4. The summed E-state index contributed by atoms with van der Waals surface area (Å²) in [6.45, 7) is 4.35. The lowest BCUT2D eigenvalue weighted by Crippen LogP contribution is -2.31. The molecular weight excluding hydrogens is 224 g/mol. The number of rotatable bonds is 2. The maximum atomic E-state index is 4.49. The van der Waals surface area contributed by atoms with Crippen LogP contribution in [0.2, 0.25) is 0 Å². The third-order valence-corrected chi connectivity index (χ3v) is 4.49. The highest BCUT2D eigenvalue weighted by molar-refractivity contribution is 5.05. The number of aryl methyl sites for hydroxylation is 1. The molecule has 1 saturated heterocycles. The van der Waals surface area contributed by atoms with Crippen molar-refractivity contribution in [2.75, 3.05) is 13.1 Å². The number of nitrogens with one attached hydrogen (secondary N) is 1. The fraction of sp³-hybridized carbons (Fsp3) is 0.857. The topological polar surface area (TPSA) is 42.7 Å². The quantitative estimate of drug-likeness (QED) is 0.874. The van der Waals surface area contributed by atoms with Gasteiger partial charge in [0.2, 0.25) is 0 Å². The van der Waals surface area contributed by atoms with E-state index in [0.29, 0.717) is 12.0 Å². The zero-order chi connectivity index (χ0) is 12.4. The van der Waals surface area contributed by atoms with Gasteiger partial charge in [0.1, 0.15) is 11.6 Å². The van der Waals surface area contributed by atoms with Gasteiger partial charge in [0, 0.05) is 18.5 Å². The number of hydrogen-bond donors (Lipinski definition) is 1. The molecule has 0 aromatic carbocycles. The van der Waals surface area contributed by atoms with Crippen LogP contribution in [0.15, 0.2) is 0 Å². The second kappa shape index (κ2) is 5.39. The molecule has 1 atom stereocenters. The highest BCUT2D eigenvalue weighted by Crippen LogP contribution is 2.32. The molecule has 18 heavy (non-hydrogen) atoms. The van der Waals surface area contributed by atoms with Gasteiger partial charge < -0.3 is 9.88 Å². The Balaban J connectivity index is 1.85. The van der Waals surface area contributed by atoms with Crippen molar-refractivity contribution in [3.63, 3.8) is 0 Å². The first-order chi connectivity index (χ1) is 8.86. The van der Waals surface area contributed by atoms with Crippen LogP contribution in [0.25, 0.3) is 0 Å². The van der Waals surface area contributed by atoms with E-state index in [-0.39, 0.29) is 0 Å². The molecule has 4 heteroatoms. The third-order valence-electron chi connectivity index (χ3n) is 4.49. The Morgan fingerprint density at radius 2 is 1.89 bits per heavy atom. The molecule has 1 aliphatic carbocycles. The Kier molecular flexibility index (Phi) is 3.64. The molecule has 1 aliphatic heterocycles. The average molecular weight is 248 g/mol. The summed E-state index contributed by atoms with van der Waals surface area (Å²) < 4.78 is 2.46. The molecule has 0 bridgehead atoms. The number of piperidine rings is 1. The normalized spacial score (nSPS) is 26.4. The minimum Gasteiger partial charge on any atom is -0.316 e. The molecule has 0 radical (unpaired) electrons. The van der Waals surface area contributed by atoms with Crippen molar-refractivity contribution in [2.45, 2.75) is 63.8 Å². The molecule has 1 N–H and O–H groups in total. The van der Waals surface area contributed by atoms with Crippen LogP contribution in [0.3, 0.4) is 0 Å². The average Bonchev–Trinajstić information content (AvgIpc) is 2.83. The summed E-state index contributed by atoms with van der Waals surface area (Å²) in [5.74, 6) is 2.93. The maximum absolute atomic E-state index is 4.49. The van der Waals surface area contributed by atoms with Crippen LogP contribution in [0.5, 0.6) is 0 Å². The highest BCUT2D eigenvalue weighted by Gasteiger charge is 2.26. The van der Waals surface area contributed by atoms with Gasteiger partial charge in [0.15, 0.2) is 0 Å². The molecule has 2 aliphatic rings. The van der Waals surface area contributed by atoms with Crippen LogP contribution in [0.1, 0.15) is 68.6 Å². The van der Waals surface area contributed by atoms with Crippen LogP contribution in [-0.4, -0.2) is 27.9 Å². The van der Waals surface area contributed by atoms with Gasteiger partial charge >= 0.3 is 0 Å². The zero-order valence-electron chi connectivity index (χ0n) is 11.4. The zero-order valence-corrected chi connectivity index (χ0v) is 11.4. The Hall–Kier alpha value is -0.900. The summed E-state index contributed by atoms with van der Waals surface area (Å²) in [5, 5.41) is 12.3. The van der Waals surface area contributed by atoms with Gasteiger partial charge in [-0.1, -0.05) is 19.3 Å². The summed E-state index contributed by atoms with van der Waals surface area (Å²) in [5.41, 5.74) is 0. The molecule has 2 heterocycles. The molecule has 0 amide bonds. The predicted octanol–water partition coefficient (Wildman–Crippen LogP) is 2.56. The van der Waals surface area contributed by atoms with Gasteiger partial charge in [-0.3, -0.25) is 0 Å². The molecule has 2 fully saturated rings. The van der Waals surface area contributed by atoms with E-state index in [1.165, 1.54) is 50.8 Å². The summed E-state index contributed by atoms with van der Waals surface area (Å²) in [6, 6.07) is 0.658. The first-order valence-electron chi connectivity index (χ1n) is 7.48. The highest BCUT2D eigenvalue weighted by atomic mass is 15.3. The molecule has 0 unspecified atom stereocenters. The van der Waals surface area contributed by atoms with Crippen LogP contribution in [0.4, 0.5) is 0 Å². The van der Waals surface area contributed by atoms with Gasteiger partial charge in [0.05, 0.1) is 0 Å². The number of nitrogens with zero attached hydrogens (tertiary/aromatic N) is 3. The van der Waals surface area contributed by atoms with E-state index >= 15 is 0 Å². The van der Waals surface area contributed by atoms with Gasteiger partial charge in [0.25, 0.3) is 0 Å². The summed E-state index contributed by atoms with van der Waals surface area (Å²) in [7, 11) is 0. The molecule has 1 aromatic rings. The monoisotopic (exact) mass is 248 g/mol. The van der Waals surface area contributed by atoms with Crippen molar-refractivity contribution in [1.82, 2.24) is 20.1 Å². The van der Waals surface area contributed by atoms with E-state index in [1.54, 1.807) is 0 Å². The first kappa shape index (κ1) is 12.2. The molecule has 0 spiro atoms. The number of aromatic nitrogens is 3. The second-order valence-corrected chi connectivity index (χ2v) is 5.81. The van der Waals surface area contributed by atoms with Gasteiger partial charge in [-0.2, -0.15) is 0 Å². The summed E-state index contributed by atoms with van der Waals surface area (Å²) >= 11 is 0. The van der Waals surface area contributed by atoms with Crippen LogP contribution in [-0.2, 0) is 0 Å². The van der Waals surface area contributed by atoms with Crippen molar-refractivity contribution in [3.8, 4) is 0 Å². The largest absolute Gasteiger partial charge is 0.316 e. The predicted molar refractivity (Wildman–Crippen MR) is 71.7 cm³/mol. The van der Waals surface area contributed by atoms with Crippen molar-refractivity contribution in [3.05, 3.63) is 11.6 Å². The van der Waals surface area contributed by atoms with Crippen molar-refractivity contribution < 1.29 is 0 Å². The SMILES string of the molecule is Cc1nnc([C@@H]2CCCNC2)n1C1CCCCC1. The van der Waals surface area contributed by atoms with Crippen molar-refractivity contribution >= 4 is 0 Å². The van der Waals surface area contributed by atoms with Crippen molar-refractivity contribution in [2.24, 2.45) is 0 Å². The van der Waals surface area contributed by atoms with E-state index in [4.69, 9.17) is 0 Å². The first-order valence-corrected chi connectivity index (χ1v) is 7.48.